The first-order chi connectivity index (χ1) is 10.7. The molecule has 1 aliphatic heterocycles. The lowest BCUT2D eigenvalue weighted by atomic mass is 9.99. The summed E-state index contributed by atoms with van der Waals surface area (Å²) in [6, 6.07) is 5.97. The number of hydrogen-bond donors (Lipinski definition) is 0. The van der Waals surface area contributed by atoms with E-state index in [1.807, 2.05) is 17.0 Å². The number of aromatic nitrogens is 2. The lowest BCUT2D eigenvalue weighted by Gasteiger charge is -2.34. The molecule has 1 amide bonds. The van der Waals surface area contributed by atoms with E-state index in [4.69, 9.17) is 4.52 Å². The first-order valence-corrected chi connectivity index (χ1v) is 8.08. The Morgan fingerprint density at radius 2 is 2.18 bits per heavy atom. The lowest BCUT2D eigenvalue weighted by Crippen LogP contribution is -2.40. The van der Waals surface area contributed by atoms with E-state index in [-0.39, 0.29) is 11.9 Å². The van der Waals surface area contributed by atoms with E-state index in [0.717, 1.165) is 25.1 Å². The summed E-state index contributed by atoms with van der Waals surface area (Å²) >= 11 is 0. The van der Waals surface area contributed by atoms with E-state index in [1.54, 1.807) is 0 Å². The number of fused-ring (bicyclic) bond motifs is 1. The van der Waals surface area contributed by atoms with Crippen LogP contribution < -0.4 is 0 Å². The predicted octanol–water partition coefficient (Wildman–Crippen LogP) is 3.60. The second kappa shape index (κ2) is 5.99. The van der Waals surface area contributed by atoms with Gasteiger partial charge in [-0.2, -0.15) is 0 Å². The molecule has 5 nitrogen and oxygen atoms in total. The highest BCUT2D eigenvalue weighted by Crippen LogP contribution is 2.28. The van der Waals surface area contributed by atoms with Gasteiger partial charge >= 0.3 is 0 Å². The van der Waals surface area contributed by atoms with Crippen LogP contribution in [0.5, 0.6) is 0 Å². The number of carbonyl (C=O) groups excluding carboxylic acids is 1. The predicted molar refractivity (Wildman–Crippen MR) is 83.7 cm³/mol. The molecule has 2 aromatic heterocycles. The van der Waals surface area contributed by atoms with Gasteiger partial charge < -0.3 is 14.0 Å². The zero-order valence-corrected chi connectivity index (χ0v) is 13.5. The maximum absolute atomic E-state index is 12.7. The minimum atomic E-state index is -0.0651. The molecule has 2 aromatic rings. The van der Waals surface area contributed by atoms with E-state index in [2.05, 4.69) is 42.8 Å². The number of hydrogen-bond acceptors (Lipinski definition) is 3. The molecular formula is C17H23N3O2. The molecule has 0 bridgehead atoms. The summed E-state index contributed by atoms with van der Waals surface area (Å²) in [5, 5.41) is 4.11. The van der Waals surface area contributed by atoms with Crippen molar-refractivity contribution in [1.29, 1.82) is 0 Å². The van der Waals surface area contributed by atoms with Crippen molar-refractivity contribution in [3.05, 3.63) is 41.5 Å². The fourth-order valence-corrected chi connectivity index (χ4v) is 3.29. The Hall–Kier alpha value is -2.04. The molecule has 118 valence electrons. The Labute approximate surface area is 130 Å². The fraction of sp³-hybridized carbons (Fsp3) is 0.529. The minimum absolute atomic E-state index is 0.0537. The molecule has 0 fully saturated rings. The van der Waals surface area contributed by atoms with Crippen molar-refractivity contribution in [2.24, 2.45) is 0 Å². The third kappa shape index (κ3) is 2.45. The van der Waals surface area contributed by atoms with Crippen molar-refractivity contribution in [2.45, 2.75) is 52.1 Å². The van der Waals surface area contributed by atoms with Gasteiger partial charge in [0.05, 0.1) is 11.7 Å². The van der Waals surface area contributed by atoms with Crippen LogP contribution in [0.3, 0.4) is 0 Å². The van der Waals surface area contributed by atoms with E-state index < -0.39 is 0 Å². The van der Waals surface area contributed by atoms with Gasteiger partial charge in [0.2, 0.25) is 5.76 Å². The van der Waals surface area contributed by atoms with Gasteiger partial charge in [-0.15, -0.1) is 0 Å². The molecular weight excluding hydrogens is 278 g/mol. The van der Waals surface area contributed by atoms with Crippen molar-refractivity contribution >= 4 is 5.91 Å². The molecule has 0 spiro atoms. The van der Waals surface area contributed by atoms with Crippen LogP contribution in [0, 0.1) is 0 Å². The summed E-state index contributed by atoms with van der Waals surface area (Å²) in [7, 11) is 0. The van der Waals surface area contributed by atoms with Crippen LogP contribution in [0.25, 0.3) is 0 Å². The molecule has 0 N–H and O–H groups in total. The zero-order valence-electron chi connectivity index (χ0n) is 13.5. The normalized spacial score (nSPS) is 17.8. The molecule has 0 unspecified atom stereocenters. The summed E-state index contributed by atoms with van der Waals surface area (Å²) < 4.78 is 7.53. The van der Waals surface area contributed by atoms with Crippen LogP contribution >= 0.6 is 0 Å². The SMILES string of the molecule is CCC(CC)c1cc(C(=O)N2CCn3cccc3[C@@H]2C)on1. The summed E-state index contributed by atoms with van der Waals surface area (Å²) in [4.78, 5) is 14.6. The molecule has 1 aliphatic rings. The van der Waals surface area contributed by atoms with Gasteiger partial charge in [-0.25, -0.2) is 0 Å². The number of rotatable bonds is 4. The standard InChI is InChI=1S/C17H23N3O2/c1-4-13(5-2)14-11-16(22-18-14)17(21)20-10-9-19-8-6-7-15(19)12(20)3/h6-8,11-13H,4-5,9-10H2,1-3H3/t12-/m0/s1. The van der Waals surface area contributed by atoms with Gasteiger partial charge in [0, 0.05) is 37.0 Å². The van der Waals surface area contributed by atoms with Crippen LogP contribution in [-0.4, -0.2) is 27.1 Å². The van der Waals surface area contributed by atoms with Gasteiger partial charge in [0.1, 0.15) is 0 Å². The van der Waals surface area contributed by atoms with Crippen molar-refractivity contribution in [3.8, 4) is 0 Å². The Kier molecular flexibility index (Phi) is 4.05. The summed E-state index contributed by atoms with van der Waals surface area (Å²) in [5.41, 5.74) is 2.06. The highest BCUT2D eigenvalue weighted by molar-refractivity contribution is 5.91. The Morgan fingerprint density at radius 3 is 2.91 bits per heavy atom. The smallest absolute Gasteiger partial charge is 0.293 e. The molecule has 1 atom stereocenters. The quantitative estimate of drug-likeness (QED) is 0.867. The van der Waals surface area contributed by atoms with Crippen LogP contribution in [-0.2, 0) is 6.54 Å². The Morgan fingerprint density at radius 1 is 1.41 bits per heavy atom. The second-order valence-electron chi connectivity index (χ2n) is 5.93. The lowest BCUT2D eigenvalue weighted by molar-refractivity contribution is 0.0601. The number of carbonyl (C=O) groups is 1. The highest BCUT2D eigenvalue weighted by Gasteiger charge is 2.30. The van der Waals surface area contributed by atoms with Crippen LogP contribution in [0.2, 0.25) is 0 Å². The average molecular weight is 301 g/mol. The third-order valence-corrected chi connectivity index (χ3v) is 4.75. The van der Waals surface area contributed by atoms with Crippen LogP contribution in [0.4, 0.5) is 0 Å². The summed E-state index contributed by atoms with van der Waals surface area (Å²) in [6.45, 7) is 7.84. The van der Waals surface area contributed by atoms with Gasteiger partial charge in [-0.3, -0.25) is 4.79 Å². The van der Waals surface area contributed by atoms with Gasteiger partial charge in [-0.05, 0) is 31.9 Å². The Balaban J connectivity index is 1.80. The Bertz CT molecular complexity index is 654. The highest BCUT2D eigenvalue weighted by atomic mass is 16.5. The first-order valence-electron chi connectivity index (χ1n) is 8.08. The van der Waals surface area contributed by atoms with Crippen molar-refractivity contribution in [3.63, 3.8) is 0 Å². The van der Waals surface area contributed by atoms with Gasteiger partial charge in [0.25, 0.3) is 5.91 Å². The molecule has 0 aromatic carbocycles. The van der Waals surface area contributed by atoms with Crippen molar-refractivity contribution in [2.75, 3.05) is 6.54 Å². The summed E-state index contributed by atoms with van der Waals surface area (Å²) in [6.07, 6.45) is 4.07. The summed E-state index contributed by atoms with van der Waals surface area (Å²) in [5.74, 6) is 0.653. The average Bonchev–Trinajstić information content (AvgIpc) is 3.17. The molecule has 0 saturated heterocycles. The van der Waals surface area contributed by atoms with Crippen LogP contribution in [0.1, 0.15) is 67.5 Å². The van der Waals surface area contributed by atoms with Crippen molar-refractivity contribution < 1.29 is 9.32 Å². The van der Waals surface area contributed by atoms with E-state index >= 15 is 0 Å². The maximum atomic E-state index is 12.7. The molecule has 3 rings (SSSR count). The molecule has 3 heterocycles. The van der Waals surface area contributed by atoms with Gasteiger partial charge in [-0.1, -0.05) is 19.0 Å². The molecule has 22 heavy (non-hydrogen) atoms. The first kappa shape index (κ1) is 14.9. The monoisotopic (exact) mass is 301 g/mol. The third-order valence-electron chi connectivity index (χ3n) is 4.75. The molecule has 0 radical (unpaired) electrons. The maximum Gasteiger partial charge on any atom is 0.293 e. The topological polar surface area (TPSA) is 51.3 Å². The van der Waals surface area contributed by atoms with E-state index in [9.17, 15) is 4.79 Å². The van der Waals surface area contributed by atoms with E-state index in [1.165, 1.54) is 5.69 Å². The van der Waals surface area contributed by atoms with Gasteiger partial charge in [0.15, 0.2) is 0 Å². The molecule has 0 aliphatic carbocycles. The number of nitrogens with zero attached hydrogens (tertiary/aromatic N) is 3. The van der Waals surface area contributed by atoms with E-state index in [0.29, 0.717) is 18.2 Å². The fourth-order valence-electron chi connectivity index (χ4n) is 3.29. The van der Waals surface area contributed by atoms with Crippen LogP contribution in [0.15, 0.2) is 28.9 Å². The molecule has 5 heteroatoms. The molecule has 0 saturated carbocycles. The largest absolute Gasteiger partial charge is 0.351 e. The van der Waals surface area contributed by atoms with Crippen molar-refractivity contribution in [1.82, 2.24) is 14.6 Å². The zero-order chi connectivity index (χ0) is 15.7. The number of amides is 1. The second-order valence-corrected chi connectivity index (χ2v) is 5.93. The minimum Gasteiger partial charge on any atom is -0.351 e.